The molecule has 1 heterocycles. The Hall–Kier alpha value is -2.66. The van der Waals surface area contributed by atoms with Crippen LogP contribution >= 0.6 is 0 Å². The molecule has 0 spiro atoms. The van der Waals surface area contributed by atoms with E-state index in [1.807, 2.05) is 0 Å². The number of carbonyl (C=O) groups excluding carboxylic acids is 1. The fourth-order valence-electron chi connectivity index (χ4n) is 3.40. The van der Waals surface area contributed by atoms with E-state index in [9.17, 15) is 30.8 Å². The number of nitrogens with one attached hydrogen (secondary N) is 1. The lowest BCUT2D eigenvalue weighted by molar-refractivity contribution is -0.137. The highest BCUT2D eigenvalue weighted by atomic mass is 32.2. The number of hydrogen-bond donors (Lipinski definition) is 1. The van der Waals surface area contributed by atoms with Crippen molar-refractivity contribution in [3.63, 3.8) is 0 Å². The average Bonchev–Trinajstić information content (AvgIpc) is 2.76. The molecule has 6 nitrogen and oxygen atoms in total. The Morgan fingerprint density at radius 3 is 2.44 bits per heavy atom. The molecule has 0 aliphatic carbocycles. The first kappa shape index (κ1) is 24.0. The van der Waals surface area contributed by atoms with Gasteiger partial charge < -0.3 is 10.1 Å². The number of piperidine rings is 1. The van der Waals surface area contributed by atoms with Crippen LogP contribution in [-0.2, 0) is 21.0 Å². The van der Waals surface area contributed by atoms with Crippen molar-refractivity contribution in [3.8, 4) is 5.75 Å². The molecule has 0 unspecified atom stereocenters. The van der Waals surface area contributed by atoms with Crippen molar-refractivity contribution in [2.24, 2.45) is 5.92 Å². The van der Waals surface area contributed by atoms with Crippen LogP contribution < -0.4 is 10.1 Å². The molecular weight excluding hydrogens is 452 g/mol. The molecule has 1 aliphatic heterocycles. The van der Waals surface area contributed by atoms with Crippen LogP contribution in [0.4, 0.5) is 17.6 Å². The third kappa shape index (κ3) is 5.77. The summed E-state index contributed by atoms with van der Waals surface area (Å²) in [4.78, 5) is 11.9. The summed E-state index contributed by atoms with van der Waals surface area (Å²) in [5.41, 5.74) is -0.823. The monoisotopic (exact) mass is 474 g/mol. The number of carbonyl (C=O) groups is 1. The molecule has 0 radical (unpaired) electrons. The van der Waals surface area contributed by atoms with Gasteiger partial charge in [-0.3, -0.25) is 4.79 Å². The zero-order chi connectivity index (χ0) is 23.4. The maximum Gasteiger partial charge on any atom is 0.416 e. The van der Waals surface area contributed by atoms with Crippen LogP contribution in [0, 0.1) is 11.7 Å². The molecule has 0 bridgehead atoms. The predicted molar refractivity (Wildman–Crippen MR) is 108 cm³/mol. The second kappa shape index (κ2) is 9.86. The molecule has 2 aromatic rings. The van der Waals surface area contributed by atoms with Gasteiger partial charge in [0.15, 0.2) is 0 Å². The van der Waals surface area contributed by atoms with Crippen molar-refractivity contribution in [1.82, 2.24) is 9.62 Å². The highest BCUT2D eigenvalue weighted by molar-refractivity contribution is 7.89. The molecule has 174 valence electrons. The standard InChI is InChI=1S/C21H22F4N2O4S/c22-18-6-1-2-7-19(18)32(29,30)27-11-8-15(9-12-27)20(28)26-10-13-31-17-5-3-4-16(14-17)21(23,24)25/h1-7,14-15H,8-13H2,(H,26,28). The molecule has 1 amide bonds. The number of nitrogens with zero attached hydrogens (tertiary/aromatic N) is 1. The van der Waals surface area contributed by atoms with Crippen LogP contribution in [-0.4, -0.2) is 44.9 Å². The number of alkyl halides is 3. The Kier molecular flexibility index (Phi) is 7.40. The van der Waals surface area contributed by atoms with Gasteiger partial charge in [0.1, 0.15) is 23.1 Å². The van der Waals surface area contributed by atoms with Crippen LogP contribution in [0.3, 0.4) is 0 Å². The third-order valence-corrected chi connectivity index (χ3v) is 7.04. The molecule has 1 aliphatic rings. The second-order valence-electron chi connectivity index (χ2n) is 7.27. The van der Waals surface area contributed by atoms with E-state index in [-0.39, 0.29) is 50.7 Å². The fourth-order valence-corrected chi connectivity index (χ4v) is 4.94. The molecule has 2 aromatic carbocycles. The van der Waals surface area contributed by atoms with Crippen LogP contribution in [0.2, 0.25) is 0 Å². The van der Waals surface area contributed by atoms with E-state index in [0.29, 0.717) is 0 Å². The van der Waals surface area contributed by atoms with E-state index >= 15 is 0 Å². The number of rotatable bonds is 7. The molecular formula is C21H22F4N2O4S. The van der Waals surface area contributed by atoms with E-state index in [0.717, 1.165) is 22.5 Å². The summed E-state index contributed by atoms with van der Waals surface area (Å²) in [5, 5.41) is 2.65. The molecule has 0 atom stereocenters. The quantitative estimate of drug-likeness (QED) is 0.493. The first-order valence-corrected chi connectivity index (χ1v) is 11.4. The molecule has 0 saturated carbocycles. The lowest BCUT2D eigenvalue weighted by Gasteiger charge is -2.30. The maximum absolute atomic E-state index is 13.9. The summed E-state index contributed by atoms with van der Waals surface area (Å²) in [7, 11) is -3.98. The van der Waals surface area contributed by atoms with Gasteiger partial charge >= 0.3 is 6.18 Å². The Morgan fingerprint density at radius 2 is 1.78 bits per heavy atom. The third-order valence-electron chi connectivity index (χ3n) is 5.11. The number of sulfonamides is 1. The molecule has 32 heavy (non-hydrogen) atoms. The van der Waals surface area contributed by atoms with E-state index in [1.165, 1.54) is 30.3 Å². The van der Waals surface area contributed by atoms with Gasteiger partial charge in [-0.05, 0) is 43.2 Å². The first-order valence-electron chi connectivity index (χ1n) is 9.91. The Bertz CT molecular complexity index is 1050. The summed E-state index contributed by atoms with van der Waals surface area (Å²) in [6.07, 6.45) is -3.93. The highest BCUT2D eigenvalue weighted by Crippen LogP contribution is 2.31. The van der Waals surface area contributed by atoms with Crippen LogP contribution in [0.5, 0.6) is 5.75 Å². The van der Waals surface area contributed by atoms with Crippen molar-refractivity contribution in [2.75, 3.05) is 26.2 Å². The largest absolute Gasteiger partial charge is 0.492 e. The minimum atomic E-state index is -4.47. The first-order chi connectivity index (χ1) is 15.1. The molecule has 1 N–H and O–H groups in total. The summed E-state index contributed by atoms with van der Waals surface area (Å²) >= 11 is 0. The zero-order valence-corrected chi connectivity index (χ0v) is 17.8. The van der Waals surface area contributed by atoms with Gasteiger partial charge in [0.25, 0.3) is 0 Å². The van der Waals surface area contributed by atoms with Crippen LogP contribution in [0.15, 0.2) is 53.4 Å². The van der Waals surface area contributed by atoms with Gasteiger partial charge in [-0.1, -0.05) is 18.2 Å². The lowest BCUT2D eigenvalue weighted by Crippen LogP contribution is -2.43. The van der Waals surface area contributed by atoms with Crippen molar-refractivity contribution >= 4 is 15.9 Å². The van der Waals surface area contributed by atoms with Crippen molar-refractivity contribution < 1.29 is 35.5 Å². The minimum absolute atomic E-state index is 0.0203. The predicted octanol–water partition coefficient (Wildman–Crippen LogP) is 3.44. The van der Waals surface area contributed by atoms with Crippen LogP contribution in [0.1, 0.15) is 18.4 Å². The lowest BCUT2D eigenvalue weighted by atomic mass is 9.97. The number of ether oxygens (including phenoxy) is 1. The summed E-state index contributed by atoms with van der Waals surface area (Å²) in [6, 6.07) is 9.57. The molecule has 3 rings (SSSR count). The molecule has 0 aromatic heterocycles. The SMILES string of the molecule is O=C(NCCOc1cccc(C(F)(F)F)c1)C1CCN(S(=O)(=O)c2ccccc2F)CC1. The zero-order valence-electron chi connectivity index (χ0n) is 16.9. The van der Waals surface area contributed by atoms with E-state index in [1.54, 1.807) is 0 Å². The maximum atomic E-state index is 13.9. The summed E-state index contributed by atoms with van der Waals surface area (Å²) in [6.45, 7) is 0.224. The fraction of sp³-hybridized carbons (Fsp3) is 0.381. The van der Waals surface area contributed by atoms with Crippen molar-refractivity contribution in [3.05, 3.63) is 59.9 Å². The molecule has 1 saturated heterocycles. The molecule has 1 fully saturated rings. The summed E-state index contributed by atoms with van der Waals surface area (Å²) < 4.78 is 83.7. The topological polar surface area (TPSA) is 75.7 Å². The second-order valence-corrected chi connectivity index (χ2v) is 9.18. The minimum Gasteiger partial charge on any atom is -0.492 e. The van der Waals surface area contributed by atoms with Crippen molar-refractivity contribution in [1.29, 1.82) is 0 Å². The van der Waals surface area contributed by atoms with Gasteiger partial charge in [0.05, 0.1) is 12.1 Å². The van der Waals surface area contributed by atoms with Gasteiger partial charge in [-0.2, -0.15) is 17.5 Å². The highest BCUT2D eigenvalue weighted by Gasteiger charge is 2.33. The molecule has 11 heteroatoms. The number of halogens is 4. The van der Waals surface area contributed by atoms with Gasteiger partial charge in [-0.25, -0.2) is 12.8 Å². The Morgan fingerprint density at radius 1 is 1.09 bits per heavy atom. The number of hydrogen-bond acceptors (Lipinski definition) is 4. The number of benzene rings is 2. The van der Waals surface area contributed by atoms with Gasteiger partial charge in [0.2, 0.25) is 15.9 Å². The van der Waals surface area contributed by atoms with E-state index < -0.39 is 38.4 Å². The van der Waals surface area contributed by atoms with Gasteiger partial charge in [-0.15, -0.1) is 0 Å². The van der Waals surface area contributed by atoms with Gasteiger partial charge in [0, 0.05) is 19.0 Å². The van der Waals surface area contributed by atoms with E-state index in [4.69, 9.17) is 4.74 Å². The van der Waals surface area contributed by atoms with Crippen molar-refractivity contribution in [2.45, 2.75) is 23.9 Å². The Labute approximate surface area is 183 Å². The van der Waals surface area contributed by atoms with E-state index in [2.05, 4.69) is 5.32 Å². The van der Waals surface area contributed by atoms with Crippen LogP contribution in [0.25, 0.3) is 0 Å². The number of amides is 1. The smallest absolute Gasteiger partial charge is 0.416 e. The Balaban J connectivity index is 1.45. The normalized spacial score (nSPS) is 16.0. The average molecular weight is 474 g/mol. The summed E-state index contributed by atoms with van der Waals surface area (Å²) in [5.74, 6) is -1.50.